The fourth-order valence-corrected chi connectivity index (χ4v) is 2.03. The minimum atomic E-state index is -0.592. The molecule has 0 unspecified atom stereocenters. The first-order valence-electron chi connectivity index (χ1n) is 4.92. The first-order valence-corrected chi connectivity index (χ1v) is 5.29. The Hall–Kier alpha value is -1.33. The molecule has 2 atom stereocenters. The van der Waals surface area contributed by atoms with E-state index in [0.29, 0.717) is 6.42 Å². The fourth-order valence-electron chi connectivity index (χ4n) is 1.87. The van der Waals surface area contributed by atoms with Crippen molar-refractivity contribution in [1.82, 2.24) is 9.55 Å². The molecule has 0 amide bonds. The predicted octanol–water partition coefficient (Wildman–Crippen LogP) is 0.299. The van der Waals surface area contributed by atoms with E-state index in [1.165, 1.54) is 10.8 Å². The van der Waals surface area contributed by atoms with Gasteiger partial charge in [-0.3, -0.25) is 14.3 Å². The molecule has 86 valence electrons. The number of nitrogens with one attached hydrogen (secondary N) is 1. The maximum absolute atomic E-state index is 11.6. The molecule has 2 rings (SSSR count). The molecule has 0 bridgehead atoms. The van der Waals surface area contributed by atoms with Crippen LogP contribution in [0.4, 0.5) is 0 Å². The van der Waals surface area contributed by atoms with Crippen LogP contribution in [0.5, 0.6) is 0 Å². The van der Waals surface area contributed by atoms with Crippen molar-refractivity contribution in [3.63, 3.8) is 0 Å². The van der Waals surface area contributed by atoms with Crippen molar-refractivity contribution in [3.8, 4) is 0 Å². The van der Waals surface area contributed by atoms with Crippen LogP contribution in [0, 0.1) is 5.92 Å². The minimum absolute atomic E-state index is 0.0130. The number of aliphatic hydroxyl groups excluding tert-OH is 1. The molecule has 5 nitrogen and oxygen atoms in total. The van der Waals surface area contributed by atoms with Crippen molar-refractivity contribution >= 4 is 11.6 Å². The summed E-state index contributed by atoms with van der Waals surface area (Å²) in [5, 5.41) is 9.12. The highest BCUT2D eigenvalue weighted by Crippen LogP contribution is 2.28. The molecule has 0 radical (unpaired) electrons. The molecule has 2 N–H and O–H groups in total. The molecule has 6 heteroatoms. The summed E-state index contributed by atoms with van der Waals surface area (Å²) in [5.74, 6) is -0.0420. The van der Waals surface area contributed by atoms with Gasteiger partial charge in [0.1, 0.15) is 5.02 Å². The van der Waals surface area contributed by atoms with Gasteiger partial charge in [0.15, 0.2) is 0 Å². The van der Waals surface area contributed by atoms with Gasteiger partial charge in [0.05, 0.1) is 6.04 Å². The van der Waals surface area contributed by atoms with E-state index >= 15 is 0 Å². The van der Waals surface area contributed by atoms with Gasteiger partial charge in [-0.25, -0.2) is 4.79 Å². The lowest BCUT2D eigenvalue weighted by atomic mass is 10.0. The lowest BCUT2D eigenvalue weighted by Crippen LogP contribution is -2.34. The Morgan fingerprint density at radius 1 is 1.56 bits per heavy atom. The van der Waals surface area contributed by atoms with Gasteiger partial charge in [-0.05, 0) is 6.42 Å². The van der Waals surface area contributed by atoms with Crippen molar-refractivity contribution in [2.45, 2.75) is 12.5 Å². The smallest absolute Gasteiger partial charge is 0.328 e. The third-order valence-corrected chi connectivity index (χ3v) is 3.00. The first-order chi connectivity index (χ1) is 7.63. The highest BCUT2D eigenvalue weighted by Gasteiger charge is 2.24. The summed E-state index contributed by atoms with van der Waals surface area (Å²) in [7, 11) is 0. The summed E-state index contributed by atoms with van der Waals surface area (Å²) in [5.41, 5.74) is -1.10. The zero-order chi connectivity index (χ0) is 11.7. The molecule has 1 aliphatic rings. The molecule has 0 aliphatic heterocycles. The van der Waals surface area contributed by atoms with Gasteiger partial charge in [-0.15, -0.1) is 0 Å². The first kappa shape index (κ1) is 11.2. The summed E-state index contributed by atoms with van der Waals surface area (Å²) in [6.45, 7) is -0.0130. The average Bonchev–Trinajstić information content (AvgIpc) is 2.71. The summed E-state index contributed by atoms with van der Waals surface area (Å²) in [4.78, 5) is 24.8. The van der Waals surface area contributed by atoms with E-state index in [2.05, 4.69) is 4.98 Å². The number of aliphatic hydroxyl groups is 1. The van der Waals surface area contributed by atoms with Crippen LogP contribution in [-0.2, 0) is 0 Å². The molecule has 16 heavy (non-hydrogen) atoms. The van der Waals surface area contributed by atoms with Crippen LogP contribution >= 0.6 is 11.6 Å². The predicted molar refractivity (Wildman–Crippen MR) is 59.7 cm³/mol. The van der Waals surface area contributed by atoms with Crippen molar-refractivity contribution in [1.29, 1.82) is 0 Å². The van der Waals surface area contributed by atoms with E-state index in [1.54, 1.807) is 0 Å². The van der Waals surface area contributed by atoms with Gasteiger partial charge in [0, 0.05) is 18.7 Å². The Kier molecular flexibility index (Phi) is 2.98. The monoisotopic (exact) mass is 242 g/mol. The summed E-state index contributed by atoms with van der Waals surface area (Å²) in [6, 6.07) is -0.244. The zero-order valence-corrected chi connectivity index (χ0v) is 9.15. The minimum Gasteiger partial charge on any atom is -0.396 e. The van der Waals surface area contributed by atoms with E-state index in [1.807, 2.05) is 12.2 Å². The molecule has 1 aliphatic carbocycles. The Morgan fingerprint density at radius 3 is 3.00 bits per heavy atom. The van der Waals surface area contributed by atoms with E-state index in [4.69, 9.17) is 16.7 Å². The molecule has 0 aromatic carbocycles. The standard InChI is InChI=1S/C10H11ClN2O3/c11-7-4-13(10(16)12-9(7)15)8-3-1-2-6(8)5-14/h1,3-4,6,8,14H,2,5H2,(H,12,15,16)/t6-,8-/m0/s1. The molecule has 1 aromatic heterocycles. The van der Waals surface area contributed by atoms with E-state index in [0.717, 1.165) is 0 Å². The molecular weight excluding hydrogens is 232 g/mol. The number of allylic oxidation sites excluding steroid dienone is 2. The Balaban J connectivity index is 2.48. The number of hydrogen-bond acceptors (Lipinski definition) is 3. The lowest BCUT2D eigenvalue weighted by molar-refractivity contribution is 0.202. The van der Waals surface area contributed by atoms with Crippen LogP contribution in [0.15, 0.2) is 27.9 Å². The quantitative estimate of drug-likeness (QED) is 0.733. The largest absolute Gasteiger partial charge is 0.396 e. The van der Waals surface area contributed by atoms with Crippen LogP contribution in [0.2, 0.25) is 5.02 Å². The van der Waals surface area contributed by atoms with Gasteiger partial charge in [0.25, 0.3) is 5.56 Å². The summed E-state index contributed by atoms with van der Waals surface area (Å²) >= 11 is 5.67. The number of halogens is 1. The Labute approximate surface area is 96.0 Å². The van der Waals surface area contributed by atoms with E-state index < -0.39 is 11.2 Å². The Morgan fingerprint density at radius 2 is 2.31 bits per heavy atom. The van der Waals surface area contributed by atoms with Gasteiger partial charge >= 0.3 is 5.69 Å². The van der Waals surface area contributed by atoms with E-state index in [9.17, 15) is 9.59 Å². The zero-order valence-electron chi connectivity index (χ0n) is 8.39. The SMILES string of the molecule is O=c1[nH]c(=O)n([C@H]2C=CC[C@H]2CO)cc1Cl. The van der Waals surface area contributed by atoms with Crippen LogP contribution in [0.25, 0.3) is 0 Å². The van der Waals surface area contributed by atoms with Crippen LogP contribution < -0.4 is 11.2 Å². The summed E-state index contributed by atoms with van der Waals surface area (Å²) < 4.78 is 1.34. The maximum atomic E-state index is 11.6. The number of nitrogens with zero attached hydrogens (tertiary/aromatic N) is 1. The molecule has 0 fully saturated rings. The second-order valence-corrected chi connectivity index (χ2v) is 4.15. The lowest BCUT2D eigenvalue weighted by Gasteiger charge is -2.19. The molecular formula is C10H11ClN2O3. The van der Waals surface area contributed by atoms with Gasteiger partial charge < -0.3 is 5.11 Å². The fraction of sp³-hybridized carbons (Fsp3) is 0.400. The number of H-pyrrole nitrogens is 1. The van der Waals surface area contributed by atoms with E-state index in [-0.39, 0.29) is 23.6 Å². The van der Waals surface area contributed by atoms with Gasteiger partial charge in [0.2, 0.25) is 0 Å². The number of aromatic nitrogens is 2. The molecule has 1 heterocycles. The Bertz CT molecular complexity index is 532. The van der Waals surface area contributed by atoms with Crippen LogP contribution in [0.3, 0.4) is 0 Å². The van der Waals surface area contributed by atoms with Crippen LogP contribution in [0.1, 0.15) is 12.5 Å². The third-order valence-electron chi connectivity index (χ3n) is 2.74. The van der Waals surface area contributed by atoms with Crippen molar-refractivity contribution in [2.24, 2.45) is 5.92 Å². The normalized spacial score (nSPS) is 23.9. The molecule has 0 saturated heterocycles. The summed E-state index contributed by atoms with van der Waals surface area (Å²) in [6.07, 6.45) is 5.75. The number of aromatic amines is 1. The number of hydrogen-bond donors (Lipinski definition) is 2. The third kappa shape index (κ3) is 1.83. The molecule has 1 aromatic rings. The second kappa shape index (κ2) is 4.27. The maximum Gasteiger partial charge on any atom is 0.328 e. The highest BCUT2D eigenvalue weighted by atomic mass is 35.5. The van der Waals surface area contributed by atoms with Crippen molar-refractivity contribution < 1.29 is 5.11 Å². The molecule has 0 saturated carbocycles. The second-order valence-electron chi connectivity index (χ2n) is 3.74. The van der Waals surface area contributed by atoms with Crippen molar-refractivity contribution in [3.05, 3.63) is 44.2 Å². The molecule has 0 spiro atoms. The van der Waals surface area contributed by atoms with Crippen LogP contribution in [-0.4, -0.2) is 21.3 Å². The van der Waals surface area contributed by atoms with Gasteiger partial charge in [-0.2, -0.15) is 0 Å². The highest BCUT2D eigenvalue weighted by molar-refractivity contribution is 6.30. The average molecular weight is 243 g/mol. The number of rotatable bonds is 2. The van der Waals surface area contributed by atoms with Gasteiger partial charge in [-0.1, -0.05) is 23.8 Å². The topological polar surface area (TPSA) is 75.1 Å². The van der Waals surface area contributed by atoms with Crippen molar-refractivity contribution in [2.75, 3.05) is 6.61 Å².